The van der Waals surface area contributed by atoms with Crippen LogP contribution in [0.4, 0.5) is 0 Å². The highest BCUT2D eigenvalue weighted by molar-refractivity contribution is 7.16. The third-order valence-electron chi connectivity index (χ3n) is 3.93. The molecule has 0 saturated heterocycles. The summed E-state index contributed by atoms with van der Waals surface area (Å²) < 4.78 is 6.33. The summed E-state index contributed by atoms with van der Waals surface area (Å²) in [6.45, 7) is 0. The number of carbonyl (C=O) groups is 2. The van der Waals surface area contributed by atoms with E-state index in [9.17, 15) is 9.59 Å². The van der Waals surface area contributed by atoms with Gasteiger partial charge in [0.1, 0.15) is 5.75 Å². The van der Waals surface area contributed by atoms with Gasteiger partial charge in [-0.05, 0) is 42.5 Å². The van der Waals surface area contributed by atoms with Gasteiger partial charge in [0.25, 0.3) is 0 Å². The molecule has 0 unspecified atom stereocenters. The fraction of sp³-hybridized carbons (Fsp3) is 0. The van der Waals surface area contributed by atoms with Gasteiger partial charge >= 0.3 is 5.97 Å². The molecule has 0 aliphatic carbocycles. The van der Waals surface area contributed by atoms with E-state index < -0.39 is 5.97 Å². The van der Waals surface area contributed by atoms with Crippen LogP contribution in [-0.4, -0.2) is 16.7 Å². The molecule has 0 amide bonds. The second-order valence-electron chi connectivity index (χ2n) is 5.64. The number of esters is 1. The smallest absolute Gasteiger partial charge is 0.343 e. The lowest BCUT2D eigenvalue weighted by molar-refractivity contribution is 0.0735. The van der Waals surface area contributed by atoms with Crippen LogP contribution in [0.1, 0.15) is 26.3 Å². The Hall–Kier alpha value is -3.31. The van der Waals surface area contributed by atoms with Crippen LogP contribution in [0.2, 0.25) is 0 Å². The Morgan fingerprint density at radius 3 is 2.27 bits per heavy atom. The van der Waals surface area contributed by atoms with E-state index in [-0.39, 0.29) is 5.78 Å². The normalized spacial score (nSPS) is 10.6. The number of hydrogen-bond acceptors (Lipinski definition) is 5. The van der Waals surface area contributed by atoms with Crippen LogP contribution in [0, 0.1) is 0 Å². The van der Waals surface area contributed by atoms with E-state index in [1.54, 1.807) is 60.1 Å². The zero-order chi connectivity index (χ0) is 17.9. The summed E-state index contributed by atoms with van der Waals surface area (Å²) in [5.74, 6) is -0.120. The fourth-order valence-corrected chi connectivity index (χ4v) is 3.29. The summed E-state index contributed by atoms with van der Waals surface area (Å²) in [6.07, 6.45) is 0. The molecule has 0 aliphatic heterocycles. The first-order valence-electron chi connectivity index (χ1n) is 7.96. The van der Waals surface area contributed by atoms with Crippen LogP contribution >= 0.6 is 11.3 Å². The van der Waals surface area contributed by atoms with Gasteiger partial charge in [0, 0.05) is 11.1 Å². The van der Waals surface area contributed by atoms with E-state index in [2.05, 4.69) is 4.98 Å². The van der Waals surface area contributed by atoms with Crippen molar-refractivity contribution in [2.75, 3.05) is 0 Å². The van der Waals surface area contributed by atoms with Crippen molar-refractivity contribution in [2.24, 2.45) is 0 Å². The molecule has 0 atom stereocenters. The fourth-order valence-electron chi connectivity index (χ4n) is 2.58. The van der Waals surface area contributed by atoms with Gasteiger partial charge in [-0.15, -0.1) is 11.3 Å². The van der Waals surface area contributed by atoms with Gasteiger partial charge in [-0.2, -0.15) is 0 Å². The molecule has 3 aromatic carbocycles. The minimum Gasteiger partial charge on any atom is -0.423 e. The third-order valence-corrected chi connectivity index (χ3v) is 4.72. The van der Waals surface area contributed by atoms with E-state index in [0.29, 0.717) is 22.4 Å². The monoisotopic (exact) mass is 359 g/mol. The molecule has 126 valence electrons. The molecule has 0 saturated carbocycles. The molecule has 4 nitrogen and oxygen atoms in total. The molecule has 1 heterocycles. The van der Waals surface area contributed by atoms with Crippen molar-refractivity contribution in [3.63, 3.8) is 0 Å². The maximum absolute atomic E-state index is 12.4. The zero-order valence-corrected chi connectivity index (χ0v) is 14.4. The number of rotatable bonds is 4. The van der Waals surface area contributed by atoms with Gasteiger partial charge in [0.05, 0.1) is 21.3 Å². The first-order chi connectivity index (χ1) is 12.7. The van der Waals surface area contributed by atoms with E-state index in [0.717, 1.165) is 10.2 Å². The minimum atomic E-state index is -0.442. The summed E-state index contributed by atoms with van der Waals surface area (Å²) in [6, 6.07) is 20.9. The Balaban J connectivity index is 1.50. The van der Waals surface area contributed by atoms with Crippen molar-refractivity contribution < 1.29 is 14.3 Å². The number of thiazole rings is 1. The van der Waals surface area contributed by atoms with Crippen LogP contribution in [0.3, 0.4) is 0 Å². The topological polar surface area (TPSA) is 56.3 Å². The minimum absolute atomic E-state index is 0.0703. The summed E-state index contributed by atoms with van der Waals surface area (Å²) in [7, 11) is 0. The number of fused-ring (bicyclic) bond motifs is 1. The van der Waals surface area contributed by atoms with Crippen molar-refractivity contribution in [1.29, 1.82) is 0 Å². The summed E-state index contributed by atoms with van der Waals surface area (Å²) >= 11 is 1.47. The number of ether oxygens (including phenoxy) is 1. The van der Waals surface area contributed by atoms with Gasteiger partial charge < -0.3 is 4.74 Å². The van der Waals surface area contributed by atoms with E-state index in [4.69, 9.17) is 4.74 Å². The van der Waals surface area contributed by atoms with Crippen LogP contribution in [-0.2, 0) is 0 Å². The van der Waals surface area contributed by atoms with Gasteiger partial charge in [-0.1, -0.05) is 30.3 Å². The van der Waals surface area contributed by atoms with Gasteiger partial charge in [-0.25, -0.2) is 9.78 Å². The molecular formula is C21H13NO3S. The summed E-state index contributed by atoms with van der Waals surface area (Å²) in [5.41, 5.74) is 4.22. The highest BCUT2D eigenvalue weighted by Gasteiger charge is 2.12. The van der Waals surface area contributed by atoms with Crippen LogP contribution in [0.25, 0.3) is 10.2 Å². The second kappa shape index (κ2) is 6.90. The molecule has 0 aliphatic rings. The van der Waals surface area contributed by atoms with Crippen molar-refractivity contribution in [1.82, 2.24) is 4.98 Å². The quantitative estimate of drug-likeness (QED) is 0.300. The Morgan fingerprint density at radius 2 is 1.50 bits per heavy atom. The highest BCUT2D eigenvalue weighted by Crippen LogP contribution is 2.21. The second-order valence-corrected chi connectivity index (χ2v) is 6.53. The number of nitrogens with zero attached hydrogens (tertiary/aromatic N) is 1. The summed E-state index contributed by atoms with van der Waals surface area (Å²) in [5, 5.41) is 0. The third kappa shape index (κ3) is 3.25. The average molecular weight is 359 g/mol. The van der Waals surface area contributed by atoms with Crippen LogP contribution < -0.4 is 4.74 Å². The number of aromatic nitrogens is 1. The van der Waals surface area contributed by atoms with Crippen LogP contribution in [0.5, 0.6) is 5.75 Å². The number of benzene rings is 3. The first-order valence-corrected chi connectivity index (χ1v) is 8.84. The van der Waals surface area contributed by atoms with Gasteiger partial charge in [-0.3, -0.25) is 4.79 Å². The maximum atomic E-state index is 12.4. The molecule has 1 aromatic heterocycles. The van der Waals surface area contributed by atoms with Crippen LogP contribution in [0.15, 0.2) is 78.3 Å². The van der Waals surface area contributed by atoms with E-state index in [1.165, 1.54) is 11.3 Å². The molecule has 4 aromatic rings. The predicted octanol–water partition coefficient (Wildman–Crippen LogP) is 4.75. The van der Waals surface area contributed by atoms with Crippen molar-refractivity contribution in [2.45, 2.75) is 0 Å². The van der Waals surface area contributed by atoms with E-state index in [1.807, 2.05) is 18.2 Å². The lowest BCUT2D eigenvalue weighted by Gasteiger charge is -2.06. The van der Waals surface area contributed by atoms with Crippen molar-refractivity contribution in [3.8, 4) is 5.75 Å². The predicted molar refractivity (Wildman–Crippen MR) is 101 cm³/mol. The number of hydrogen-bond donors (Lipinski definition) is 0. The SMILES string of the molecule is O=C(Oc1ccc(C(=O)c2ccccc2)cc1)c1ccc2ncsc2c1. The molecule has 0 bridgehead atoms. The first kappa shape index (κ1) is 16.2. The molecule has 26 heavy (non-hydrogen) atoms. The Morgan fingerprint density at radius 1 is 0.808 bits per heavy atom. The number of carbonyl (C=O) groups excluding carboxylic acids is 2. The molecule has 5 heteroatoms. The molecule has 0 N–H and O–H groups in total. The maximum Gasteiger partial charge on any atom is 0.343 e. The Labute approximate surface area is 153 Å². The van der Waals surface area contributed by atoms with Gasteiger partial charge in [0.15, 0.2) is 5.78 Å². The zero-order valence-electron chi connectivity index (χ0n) is 13.6. The standard InChI is InChI=1S/C21H13NO3S/c23-20(14-4-2-1-3-5-14)15-6-9-17(10-7-15)25-21(24)16-8-11-18-19(12-16)26-13-22-18/h1-13H. The Bertz CT molecular complexity index is 1090. The van der Waals surface area contributed by atoms with Gasteiger partial charge in [0.2, 0.25) is 0 Å². The lowest BCUT2D eigenvalue weighted by atomic mass is 10.0. The molecule has 0 spiro atoms. The molecular weight excluding hydrogens is 346 g/mol. The number of ketones is 1. The van der Waals surface area contributed by atoms with Crippen molar-refractivity contribution >= 4 is 33.3 Å². The largest absolute Gasteiger partial charge is 0.423 e. The molecule has 0 fully saturated rings. The summed E-state index contributed by atoms with van der Waals surface area (Å²) in [4.78, 5) is 28.9. The molecule has 4 rings (SSSR count). The highest BCUT2D eigenvalue weighted by atomic mass is 32.1. The van der Waals surface area contributed by atoms with E-state index >= 15 is 0 Å². The average Bonchev–Trinajstić information content (AvgIpc) is 3.16. The van der Waals surface area contributed by atoms with Crippen molar-refractivity contribution in [3.05, 3.63) is 95.0 Å². The molecule has 0 radical (unpaired) electrons. The lowest BCUT2D eigenvalue weighted by Crippen LogP contribution is -2.08. The Kier molecular flexibility index (Phi) is 4.29.